The first-order valence-corrected chi connectivity index (χ1v) is 11.9. The Bertz CT molecular complexity index is 986. The van der Waals surface area contributed by atoms with Gasteiger partial charge in [-0.3, -0.25) is 15.1 Å². The second kappa shape index (κ2) is 8.70. The third-order valence-corrected chi connectivity index (χ3v) is 7.61. The largest absolute Gasteiger partial charge is 0.357 e. The minimum atomic E-state index is -0.614. The highest BCUT2D eigenvalue weighted by Crippen LogP contribution is 2.61. The highest BCUT2D eigenvalue weighted by atomic mass is 16.7. The van der Waals surface area contributed by atoms with Crippen LogP contribution in [0.4, 0.5) is 4.79 Å². The van der Waals surface area contributed by atoms with Crippen LogP contribution in [0.5, 0.6) is 0 Å². The fraction of sp³-hybridized carbons (Fsp3) is 0.560. The Morgan fingerprint density at radius 2 is 1.75 bits per heavy atom. The van der Waals surface area contributed by atoms with E-state index in [0.29, 0.717) is 12.3 Å². The molecular weight excluding hydrogens is 404 g/mol. The van der Waals surface area contributed by atoms with Gasteiger partial charge in [0.2, 0.25) is 0 Å². The van der Waals surface area contributed by atoms with Crippen LogP contribution < -0.4 is 16.3 Å². The number of carbonyl (C=O) groups excluding carboxylic acids is 2. The molecule has 32 heavy (non-hydrogen) atoms. The van der Waals surface area contributed by atoms with Gasteiger partial charge in [0.05, 0.1) is 12.1 Å². The number of nitrogens with one attached hydrogen (secondary N) is 3. The number of urea groups is 1. The van der Waals surface area contributed by atoms with Crippen molar-refractivity contribution >= 4 is 22.8 Å². The summed E-state index contributed by atoms with van der Waals surface area (Å²) in [6.07, 6.45) is 9.57. The number of hydroxylamine groups is 1. The van der Waals surface area contributed by atoms with Crippen molar-refractivity contribution in [3.05, 3.63) is 41.6 Å². The fourth-order valence-corrected chi connectivity index (χ4v) is 6.71. The van der Waals surface area contributed by atoms with Crippen molar-refractivity contribution in [1.29, 1.82) is 0 Å². The molecule has 4 bridgehead atoms. The zero-order chi connectivity index (χ0) is 22.1. The molecule has 0 atom stereocenters. The van der Waals surface area contributed by atoms with Crippen LogP contribution >= 0.6 is 0 Å². The number of hydrogen-bond acceptors (Lipinski definition) is 4. The summed E-state index contributed by atoms with van der Waals surface area (Å²) < 4.78 is 0. The highest BCUT2D eigenvalue weighted by Gasteiger charge is 2.52. The van der Waals surface area contributed by atoms with Gasteiger partial charge >= 0.3 is 6.03 Å². The Hall–Kier alpha value is -2.67. The predicted octanol–water partition coefficient (Wildman–Crippen LogP) is 4.38. The van der Waals surface area contributed by atoms with E-state index in [1.807, 2.05) is 25.1 Å². The monoisotopic (exact) mass is 436 g/mol. The van der Waals surface area contributed by atoms with Gasteiger partial charge in [0.1, 0.15) is 5.69 Å². The van der Waals surface area contributed by atoms with Crippen LogP contribution in [0.15, 0.2) is 30.3 Å². The summed E-state index contributed by atoms with van der Waals surface area (Å²) in [7, 11) is 0. The molecular formula is C25H32N4O3. The molecule has 4 fully saturated rings. The van der Waals surface area contributed by atoms with E-state index in [1.165, 1.54) is 44.1 Å². The molecule has 3 N–H and O–H groups in total. The van der Waals surface area contributed by atoms with Gasteiger partial charge in [-0.15, -0.1) is 0 Å². The molecule has 1 heterocycles. The Kier molecular flexibility index (Phi) is 5.76. The van der Waals surface area contributed by atoms with Gasteiger partial charge in [0.25, 0.3) is 5.91 Å². The second-order valence-corrected chi connectivity index (χ2v) is 9.98. The number of unbranched alkanes of at least 4 members (excludes halogenated alkanes) is 1. The maximum absolute atomic E-state index is 12.9. The molecule has 170 valence electrons. The van der Waals surface area contributed by atoms with Crippen molar-refractivity contribution in [2.24, 2.45) is 17.8 Å². The molecule has 2 aromatic rings. The molecule has 0 aliphatic heterocycles. The normalized spacial score (nSPS) is 28.0. The summed E-state index contributed by atoms with van der Waals surface area (Å²) in [5.74, 6) is 2.00. The highest BCUT2D eigenvalue weighted by molar-refractivity contribution is 5.97. The van der Waals surface area contributed by atoms with Crippen molar-refractivity contribution in [3.63, 3.8) is 0 Å². The van der Waals surface area contributed by atoms with Gasteiger partial charge in [-0.2, -0.15) is 0 Å². The average Bonchev–Trinajstić information content (AvgIpc) is 2.78. The first-order valence-electron chi connectivity index (χ1n) is 11.9. The number of amides is 3. The second-order valence-electron chi connectivity index (χ2n) is 9.98. The molecule has 6 rings (SSSR count). The number of nitrogens with zero attached hydrogens (tertiary/aromatic N) is 1. The van der Waals surface area contributed by atoms with Crippen LogP contribution in [0.1, 0.15) is 74.3 Å². The van der Waals surface area contributed by atoms with Crippen molar-refractivity contribution in [2.45, 2.75) is 63.7 Å². The van der Waals surface area contributed by atoms with Crippen molar-refractivity contribution in [2.75, 3.05) is 6.61 Å². The number of benzene rings is 1. The van der Waals surface area contributed by atoms with Gasteiger partial charge < -0.3 is 0 Å². The summed E-state index contributed by atoms with van der Waals surface area (Å²) in [6.45, 7) is 2.47. The standard InChI is InChI=1S/C25H32N4O3/c1-2-3-8-32-29-24(31)28-27-23(30)22-12-20(19-6-4-5-7-21(19)26-22)25-13-16-9-17(14-25)11-18(10-16)15-25/h4-7,12,16-18H,2-3,8-11,13-15H2,1H3,(H,27,30)(H2,28,29,31). The number of para-hydroxylation sites is 1. The van der Waals surface area contributed by atoms with Crippen molar-refractivity contribution in [1.82, 2.24) is 21.3 Å². The number of fused-ring (bicyclic) bond motifs is 1. The minimum Gasteiger partial charge on any atom is -0.272 e. The lowest BCUT2D eigenvalue weighted by atomic mass is 9.48. The first kappa shape index (κ1) is 21.2. The lowest BCUT2D eigenvalue weighted by Crippen LogP contribution is -2.49. The molecule has 7 heteroatoms. The van der Waals surface area contributed by atoms with E-state index in [9.17, 15) is 9.59 Å². The number of hydrogen-bond donors (Lipinski definition) is 3. The maximum Gasteiger partial charge on any atom is 0.357 e. The van der Waals surface area contributed by atoms with E-state index >= 15 is 0 Å². The molecule has 7 nitrogen and oxygen atoms in total. The smallest absolute Gasteiger partial charge is 0.272 e. The summed E-state index contributed by atoms with van der Waals surface area (Å²) in [5, 5.41) is 1.15. The molecule has 3 amide bonds. The number of rotatable bonds is 6. The van der Waals surface area contributed by atoms with Crippen LogP contribution in [-0.4, -0.2) is 23.5 Å². The maximum atomic E-state index is 12.9. The van der Waals surface area contributed by atoms with E-state index in [0.717, 1.165) is 41.5 Å². The molecule has 1 aromatic carbocycles. The van der Waals surface area contributed by atoms with Gasteiger partial charge in [-0.1, -0.05) is 31.5 Å². The molecule has 0 unspecified atom stereocenters. The molecule has 0 radical (unpaired) electrons. The van der Waals surface area contributed by atoms with Crippen LogP contribution in [0, 0.1) is 17.8 Å². The predicted molar refractivity (Wildman–Crippen MR) is 122 cm³/mol. The lowest BCUT2D eigenvalue weighted by Gasteiger charge is -2.57. The average molecular weight is 437 g/mol. The van der Waals surface area contributed by atoms with Gasteiger partial charge in [0.15, 0.2) is 0 Å². The fourth-order valence-electron chi connectivity index (χ4n) is 6.71. The molecule has 4 aliphatic carbocycles. The van der Waals surface area contributed by atoms with Crippen molar-refractivity contribution < 1.29 is 14.4 Å². The summed E-state index contributed by atoms with van der Waals surface area (Å²) >= 11 is 0. The van der Waals surface area contributed by atoms with Crippen molar-refractivity contribution in [3.8, 4) is 0 Å². The Morgan fingerprint density at radius 1 is 1.06 bits per heavy atom. The SMILES string of the molecule is CCCCONC(=O)NNC(=O)c1cc(C23CC4CC(CC(C4)C2)C3)c2ccccc2n1. The summed E-state index contributed by atoms with van der Waals surface area (Å²) in [6, 6.07) is 9.48. The number of aromatic nitrogens is 1. The Morgan fingerprint density at radius 3 is 2.44 bits per heavy atom. The lowest BCUT2D eigenvalue weighted by molar-refractivity contribution is -0.00454. The third kappa shape index (κ3) is 4.06. The zero-order valence-electron chi connectivity index (χ0n) is 18.7. The summed E-state index contributed by atoms with van der Waals surface area (Å²) in [5.41, 5.74) is 9.65. The third-order valence-electron chi connectivity index (χ3n) is 7.61. The molecule has 0 saturated heterocycles. The van der Waals surface area contributed by atoms with E-state index in [-0.39, 0.29) is 5.41 Å². The van der Waals surface area contributed by atoms with Gasteiger partial charge in [-0.05, 0) is 85.8 Å². The summed E-state index contributed by atoms with van der Waals surface area (Å²) in [4.78, 5) is 34.4. The first-order chi connectivity index (χ1) is 15.6. The number of hydrazine groups is 1. The molecule has 4 saturated carbocycles. The minimum absolute atomic E-state index is 0.143. The number of pyridine rings is 1. The van der Waals surface area contributed by atoms with Gasteiger partial charge in [-0.25, -0.2) is 20.7 Å². The molecule has 4 aliphatic rings. The van der Waals surface area contributed by atoms with Crippen LogP contribution in [0.2, 0.25) is 0 Å². The van der Waals surface area contributed by atoms with Crippen LogP contribution in [0.25, 0.3) is 10.9 Å². The van der Waals surface area contributed by atoms with E-state index < -0.39 is 11.9 Å². The van der Waals surface area contributed by atoms with E-state index in [4.69, 9.17) is 4.84 Å². The van der Waals surface area contributed by atoms with E-state index in [1.54, 1.807) is 0 Å². The van der Waals surface area contributed by atoms with Crippen LogP contribution in [-0.2, 0) is 10.3 Å². The quantitative estimate of drug-likeness (QED) is 0.463. The van der Waals surface area contributed by atoms with Crippen LogP contribution in [0.3, 0.4) is 0 Å². The zero-order valence-corrected chi connectivity index (χ0v) is 18.7. The van der Waals surface area contributed by atoms with E-state index in [2.05, 4.69) is 33.4 Å². The topological polar surface area (TPSA) is 92.4 Å². The molecule has 1 aromatic heterocycles. The Balaban J connectivity index is 1.37. The van der Waals surface area contributed by atoms with Gasteiger partial charge in [0, 0.05) is 5.39 Å². The molecule has 0 spiro atoms. The Labute approximate surface area is 188 Å². The number of carbonyl (C=O) groups is 2.